The van der Waals surface area contributed by atoms with Crippen molar-refractivity contribution in [3.8, 4) is 5.75 Å². The summed E-state index contributed by atoms with van der Waals surface area (Å²) in [6.45, 7) is 6.24. The Morgan fingerprint density at radius 2 is 1.95 bits per heavy atom. The van der Waals surface area contributed by atoms with Crippen molar-refractivity contribution in [2.45, 2.75) is 33.0 Å². The fourth-order valence-corrected chi connectivity index (χ4v) is 2.19. The van der Waals surface area contributed by atoms with Crippen molar-refractivity contribution in [3.05, 3.63) is 53.9 Å². The van der Waals surface area contributed by atoms with Crippen LogP contribution in [0.15, 0.2) is 42.6 Å². The lowest BCUT2D eigenvalue weighted by Gasteiger charge is -2.15. The molecule has 0 radical (unpaired) electrons. The van der Waals surface area contributed by atoms with Crippen LogP contribution in [0, 0.1) is 0 Å². The van der Waals surface area contributed by atoms with Crippen LogP contribution in [-0.4, -0.2) is 11.7 Å². The van der Waals surface area contributed by atoms with E-state index < -0.39 is 0 Å². The summed E-state index contributed by atoms with van der Waals surface area (Å²) >= 11 is 0. The van der Waals surface area contributed by atoms with E-state index in [0.29, 0.717) is 6.04 Å². The third-order valence-corrected chi connectivity index (χ3v) is 3.47. The van der Waals surface area contributed by atoms with Crippen LogP contribution < -0.4 is 10.1 Å². The number of nitrogens with one attached hydrogen (secondary N) is 1. The van der Waals surface area contributed by atoms with E-state index in [-0.39, 0.29) is 0 Å². The molecule has 3 heteroatoms. The van der Waals surface area contributed by atoms with Crippen LogP contribution in [0.4, 0.5) is 0 Å². The maximum Gasteiger partial charge on any atom is 0.118 e. The van der Waals surface area contributed by atoms with Gasteiger partial charge in [-0.3, -0.25) is 0 Å². The maximum absolute atomic E-state index is 5.17. The molecule has 0 saturated carbocycles. The molecule has 1 atom stereocenters. The number of rotatable bonds is 6. The van der Waals surface area contributed by atoms with E-state index >= 15 is 0 Å². The highest BCUT2D eigenvalue weighted by Crippen LogP contribution is 2.17. The summed E-state index contributed by atoms with van der Waals surface area (Å²) in [6.07, 6.45) is 2.12. The molecule has 0 unspecified atom stereocenters. The lowest BCUT2D eigenvalue weighted by molar-refractivity contribution is 0.414. The van der Waals surface area contributed by atoms with Crippen LogP contribution >= 0.6 is 0 Å². The van der Waals surface area contributed by atoms with Crippen molar-refractivity contribution >= 4 is 0 Å². The van der Waals surface area contributed by atoms with Gasteiger partial charge in [0.25, 0.3) is 0 Å². The van der Waals surface area contributed by atoms with Gasteiger partial charge in [0.2, 0.25) is 0 Å². The van der Waals surface area contributed by atoms with Crippen LogP contribution in [0.25, 0.3) is 0 Å². The average molecular weight is 258 g/mol. The normalized spacial score (nSPS) is 12.4. The topological polar surface area (TPSA) is 26.2 Å². The third-order valence-electron chi connectivity index (χ3n) is 3.47. The van der Waals surface area contributed by atoms with E-state index in [1.807, 2.05) is 12.1 Å². The van der Waals surface area contributed by atoms with Gasteiger partial charge in [0.05, 0.1) is 7.11 Å². The van der Waals surface area contributed by atoms with Gasteiger partial charge in [-0.25, -0.2) is 0 Å². The summed E-state index contributed by atoms with van der Waals surface area (Å²) in [4.78, 5) is 0. The minimum atomic E-state index is 0.325. The Morgan fingerprint density at radius 3 is 2.58 bits per heavy atom. The minimum Gasteiger partial charge on any atom is -0.497 e. The number of hydrogen-bond acceptors (Lipinski definition) is 2. The molecule has 1 N–H and O–H groups in total. The van der Waals surface area contributed by atoms with Gasteiger partial charge in [-0.1, -0.05) is 12.1 Å². The summed E-state index contributed by atoms with van der Waals surface area (Å²) < 4.78 is 7.43. The molecule has 0 saturated heterocycles. The molecule has 2 aromatic rings. The van der Waals surface area contributed by atoms with Crippen LogP contribution in [0.2, 0.25) is 0 Å². The van der Waals surface area contributed by atoms with E-state index in [9.17, 15) is 0 Å². The molecule has 0 aliphatic rings. The van der Waals surface area contributed by atoms with Crippen LogP contribution in [-0.2, 0) is 13.1 Å². The zero-order valence-corrected chi connectivity index (χ0v) is 11.9. The Labute approximate surface area is 115 Å². The Hall–Kier alpha value is -1.74. The number of ether oxygens (including phenoxy) is 1. The van der Waals surface area contributed by atoms with Gasteiger partial charge in [0.15, 0.2) is 0 Å². The standard InChI is InChI=1S/C16H22N2O/c1-4-18-11-5-6-15(18)12-17-13(2)14-7-9-16(19-3)10-8-14/h5-11,13,17H,4,12H2,1-3H3/t13-/m0/s1. The number of benzene rings is 1. The summed E-state index contributed by atoms with van der Waals surface area (Å²) in [6, 6.07) is 12.8. The van der Waals surface area contributed by atoms with Gasteiger partial charge < -0.3 is 14.6 Å². The SMILES string of the molecule is CCn1cccc1CN[C@@H](C)c1ccc(OC)cc1. The number of aromatic nitrogens is 1. The zero-order chi connectivity index (χ0) is 13.7. The Kier molecular flexibility index (Phi) is 4.63. The smallest absolute Gasteiger partial charge is 0.118 e. The number of hydrogen-bond donors (Lipinski definition) is 1. The largest absolute Gasteiger partial charge is 0.497 e. The van der Waals surface area contributed by atoms with Gasteiger partial charge in [0.1, 0.15) is 5.75 Å². The molecule has 1 aromatic heterocycles. The highest BCUT2D eigenvalue weighted by molar-refractivity contribution is 5.28. The Bertz CT molecular complexity index is 502. The van der Waals surface area contributed by atoms with E-state index in [4.69, 9.17) is 4.74 Å². The van der Waals surface area contributed by atoms with Crippen LogP contribution in [0.3, 0.4) is 0 Å². The van der Waals surface area contributed by atoms with Crippen molar-refractivity contribution in [2.75, 3.05) is 7.11 Å². The fourth-order valence-electron chi connectivity index (χ4n) is 2.19. The molecule has 3 nitrogen and oxygen atoms in total. The average Bonchev–Trinajstić information content (AvgIpc) is 2.92. The third kappa shape index (κ3) is 3.38. The van der Waals surface area contributed by atoms with Crippen LogP contribution in [0.5, 0.6) is 5.75 Å². The van der Waals surface area contributed by atoms with E-state index in [2.05, 4.69) is 54.2 Å². The quantitative estimate of drug-likeness (QED) is 0.859. The Morgan fingerprint density at radius 1 is 1.21 bits per heavy atom. The molecule has 19 heavy (non-hydrogen) atoms. The number of nitrogens with zero attached hydrogens (tertiary/aromatic N) is 1. The van der Waals surface area contributed by atoms with Gasteiger partial charge >= 0.3 is 0 Å². The molecule has 1 aromatic carbocycles. The van der Waals surface area contributed by atoms with Crippen molar-refractivity contribution in [2.24, 2.45) is 0 Å². The summed E-state index contributed by atoms with van der Waals surface area (Å²) in [5.74, 6) is 0.899. The first-order valence-electron chi connectivity index (χ1n) is 6.76. The van der Waals surface area contributed by atoms with Crippen molar-refractivity contribution in [1.29, 1.82) is 0 Å². The van der Waals surface area contributed by atoms with E-state index in [1.165, 1.54) is 11.3 Å². The van der Waals surface area contributed by atoms with E-state index in [0.717, 1.165) is 18.8 Å². The number of aryl methyl sites for hydroxylation is 1. The highest BCUT2D eigenvalue weighted by Gasteiger charge is 2.06. The van der Waals surface area contributed by atoms with Crippen LogP contribution in [0.1, 0.15) is 31.1 Å². The molecule has 0 fully saturated rings. The molecule has 0 amide bonds. The lowest BCUT2D eigenvalue weighted by atomic mass is 10.1. The molecule has 1 heterocycles. The second kappa shape index (κ2) is 6.43. The minimum absolute atomic E-state index is 0.325. The fraction of sp³-hybridized carbons (Fsp3) is 0.375. The summed E-state index contributed by atoms with van der Waals surface area (Å²) in [5.41, 5.74) is 2.60. The van der Waals surface area contributed by atoms with Crippen molar-refractivity contribution in [1.82, 2.24) is 9.88 Å². The Balaban J connectivity index is 1.95. The molecule has 2 rings (SSSR count). The van der Waals surface area contributed by atoms with Gasteiger partial charge in [-0.05, 0) is 43.7 Å². The molecule has 0 bridgehead atoms. The molecular formula is C16H22N2O. The molecule has 102 valence electrons. The first kappa shape index (κ1) is 13.7. The summed E-state index contributed by atoms with van der Waals surface area (Å²) in [7, 11) is 1.69. The van der Waals surface area contributed by atoms with Crippen molar-refractivity contribution < 1.29 is 4.74 Å². The predicted molar refractivity (Wildman–Crippen MR) is 78.4 cm³/mol. The monoisotopic (exact) mass is 258 g/mol. The zero-order valence-electron chi connectivity index (χ0n) is 11.9. The van der Waals surface area contributed by atoms with E-state index in [1.54, 1.807) is 7.11 Å². The second-order valence-corrected chi connectivity index (χ2v) is 4.66. The summed E-state index contributed by atoms with van der Waals surface area (Å²) in [5, 5.41) is 3.55. The maximum atomic E-state index is 5.17. The van der Waals surface area contributed by atoms with Crippen molar-refractivity contribution in [3.63, 3.8) is 0 Å². The first-order chi connectivity index (χ1) is 9.24. The molecule has 0 aliphatic carbocycles. The van der Waals surface area contributed by atoms with Gasteiger partial charge in [-0.15, -0.1) is 0 Å². The van der Waals surface area contributed by atoms with Gasteiger partial charge in [0, 0.05) is 31.0 Å². The highest BCUT2D eigenvalue weighted by atomic mass is 16.5. The number of methoxy groups -OCH3 is 1. The molecular weight excluding hydrogens is 236 g/mol. The van der Waals surface area contributed by atoms with Gasteiger partial charge in [-0.2, -0.15) is 0 Å². The lowest BCUT2D eigenvalue weighted by Crippen LogP contribution is -2.19. The molecule has 0 aliphatic heterocycles. The second-order valence-electron chi connectivity index (χ2n) is 4.66. The molecule has 0 spiro atoms. The predicted octanol–water partition coefficient (Wildman–Crippen LogP) is 3.37. The first-order valence-corrected chi connectivity index (χ1v) is 6.76.